The molecule has 1 aromatic carbocycles. The first-order valence-electron chi connectivity index (χ1n) is 5.97. The molecule has 1 N–H and O–H groups in total. The number of hydrogen-bond acceptors (Lipinski definition) is 1. The highest BCUT2D eigenvalue weighted by Crippen LogP contribution is 2.44. The highest BCUT2D eigenvalue weighted by Gasteiger charge is 2.27. The van der Waals surface area contributed by atoms with Crippen molar-refractivity contribution >= 4 is 0 Å². The highest BCUT2D eigenvalue weighted by atomic mass is 16.3. The zero-order chi connectivity index (χ0) is 11.9. The van der Waals surface area contributed by atoms with E-state index in [-0.39, 0.29) is 0 Å². The van der Waals surface area contributed by atoms with Crippen molar-refractivity contribution in [1.29, 1.82) is 0 Å². The molecule has 1 aromatic rings. The molecular formula is C15H20O. The van der Waals surface area contributed by atoms with Crippen LogP contribution in [0.5, 0.6) is 5.75 Å². The summed E-state index contributed by atoms with van der Waals surface area (Å²) in [6, 6.07) is 4.10. The molecular weight excluding hydrogens is 196 g/mol. The Morgan fingerprint density at radius 3 is 2.62 bits per heavy atom. The lowest BCUT2D eigenvalue weighted by molar-refractivity contribution is 0.470. The molecule has 0 bridgehead atoms. The molecule has 0 aromatic heterocycles. The summed E-state index contributed by atoms with van der Waals surface area (Å²) in [6.07, 6.45) is 3.52. The largest absolute Gasteiger partial charge is 0.508 e. The Labute approximate surface area is 97.8 Å². The van der Waals surface area contributed by atoms with E-state index >= 15 is 0 Å². The van der Waals surface area contributed by atoms with E-state index in [1.54, 1.807) is 0 Å². The van der Waals surface area contributed by atoms with E-state index in [1.165, 1.54) is 23.1 Å². The van der Waals surface area contributed by atoms with Crippen molar-refractivity contribution in [3.8, 4) is 5.75 Å². The zero-order valence-electron chi connectivity index (χ0n) is 10.5. The topological polar surface area (TPSA) is 20.2 Å². The third kappa shape index (κ3) is 1.87. The van der Waals surface area contributed by atoms with Gasteiger partial charge in [-0.1, -0.05) is 24.6 Å². The van der Waals surface area contributed by atoms with Crippen LogP contribution in [-0.2, 0) is 0 Å². The van der Waals surface area contributed by atoms with Crippen LogP contribution in [0.2, 0.25) is 0 Å². The Morgan fingerprint density at radius 2 is 2.00 bits per heavy atom. The van der Waals surface area contributed by atoms with Gasteiger partial charge in [-0.15, -0.1) is 0 Å². The van der Waals surface area contributed by atoms with Gasteiger partial charge in [0.2, 0.25) is 0 Å². The molecule has 1 aliphatic carbocycles. The number of phenolic OH excluding ortho intramolecular Hbond substituents is 1. The molecule has 0 amide bonds. The second-order valence-corrected chi connectivity index (χ2v) is 5.25. The third-order valence-electron chi connectivity index (χ3n) is 3.47. The number of allylic oxidation sites excluding steroid dienone is 2. The van der Waals surface area contributed by atoms with E-state index < -0.39 is 0 Å². The predicted octanol–water partition coefficient (Wildman–Crippen LogP) is 4.26. The van der Waals surface area contributed by atoms with Gasteiger partial charge in [0.05, 0.1) is 0 Å². The maximum absolute atomic E-state index is 9.75. The fourth-order valence-electron chi connectivity index (χ4n) is 2.68. The molecule has 0 radical (unpaired) electrons. The van der Waals surface area contributed by atoms with Crippen molar-refractivity contribution in [2.45, 2.75) is 46.0 Å². The van der Waals surface area contributed by atoms with Crippen LogP contribution < -0.4 is 0 Å². The van der Waals surface area contributed by atoms with Crippen molar-refractivity contribution in [3.05, 3.63) is 40.5 Å². The first kappa shape index (κ1) is 11.3. The van der Waals surface area contributed by atoms with E-state index in [4.69, 9.17) is 0 Å². The third-order valence-corrected chi connectivity index (χ3v) is 3.47. The molecule has 0 saturated heterocycles. The number of aromatic hydroxyl groups is 1. The van der Waals surface area contributed by atoms with Crippen LogP contribution in [0.25, 0.3) is 0 Å². The summed E-state index contributed by atoms with van der Waals surface area (Å²) in [4.78, 5) is 0. The molecule has 0 heterocycles. The van der Waals surface area contributed by atoms with Gasteiger partial charge in [0.1, 0.15) is 5.75 Å². The maximum Gasteiger partial charge on any atom is 0.118 e. The Balaban J connectivity index is 2.49. The van der Waals surface area contributed by atoms with Crippen LogP contribution >= 0.6 is 0 Å². The van der Waals surface area contributed by atoms with E-state index in [0.29, 0.717) is 17.6 Å². The molecule has 0 fully saturated rings. The van der Waals surface area contributed by atoms with E-state index in [2.05, 4.69) is 32.9 Å². The van der Waals surface area contributed by atoms with Gasteiger partial charge >= 0.3 is 0 Å². The molecule has 0 spiro atoms. The number of rotatable bonds is 1. The van der Waals surface area contributed by atoms with E-state index in [9.17, 15) is 5.11 Å². The summed E-state index contributed by atoms with van der Waals surface area (Å²) < 4.78 is 0. The van der Waals surface area contributed by atoms with Crippen molar-refractivity contribution in [1.82, 2.24) is 0 Å². The van der Waals surface area contributed by atoms with Crippen molar-refractivity contribution in [2.24, 2.45) is 0 Å². The fraction of sp³-hybridized carbons (Fsp3) is 0.467. The van der Waals surface area contributed by atoms with Gasteiger partial charge < -0.3 is 5.11 Å². The molecule has 2 atom stereocenters. The molecule has 1 nitrogen and oxygen atoms in total. The molecule has 0 aliphatic heterocycles. The van der Waals surface area contributed by atoms with Gasteiger partial charge in [0.25, 0.3) is 0 Å². The Bertz CT molecular complexity index is 439. The predicted molar refractivity (Wildman–Crippen MR) is 68.0 cm³/mol. The minimum absolute atomic E-state index is 0.434. The number of benzene rings is 1. The lowest BCUT2D eigenvalue weighted by Gasteiger charge is -2.09. The van der Waals surface area contributed by atoms with Crippen molar-refractivity contribution in [2.75, 3.05) is 0 Å². The van der Waals surface area contributed by atoms with Crippen molar-refractivity contribution in [3.63, 3.8) is 0 Å². The van der Waals surface area contributed by atoms with Gasteiger partial charge in [0, 0.05) is 5.92 Å². The molecule has 1 heteroatoms. The summed E-state index contributed by atoms with van der Waals surface area (Å²) >= 11 is 0. The number of phenols is 1. The standard InChI is InChI=1S/C15H20O/c1-9(2)5-12-6-10(3)13-8-15(16)11(4)7-14(12)13/h5,7-8,10,12,16H,6H2,1-4H3/t10-,12+/m1/s1. The SMILES string of the molecule is CC(C)=C[C@H]1C[C@@H](C)c2cc(O)c(C)cc21. The summed E-state index contributed by atoms with van der Waals surface area (Å²) in [5, 5.41) is 9.75. The Kier molecular flexibility index (Phi) is 2.79. The van der Waals surface area contributed by atoms with Crippen LogP contribution in [0.3, 0.4) is 0 Å². The van der Waals surface area contributed by atoms with E-state index in [0.717, 1.165) is 5.56 Å². The van der Waals surface area contributed by atoms with E-state index in [1.807, 2.05) is 13.0 Å². The maximum atomic E-state index is 9.75. The minimum Gasteiger partial charge on any atom is -0.508 e. The normalized spacial score (nSPS) is 23.0. The van der Waals surface area contributed by atoms with Crippen LogP contribution in [0.1, 0.15) is 55.7 Å². The summed E-state index contributed by atoms with van der Waals surface area (Å²) in [7, 11) is 0. The lowest BCUT2D eigenvalue weighted by atomic mass is 9.97. The molecule has 0 saturated carbocycles. The summed E-state index contributed by atoms with van der Waals surface area (Å²) in [5.74, 6) is 1.53. The zero-order valence-corrected chi connectivity index (χ0v) is 10.5. The molecule has 16 heavy (non-hydrogen) atoms. The summed E-state index contributed by atoms with van der Waals surface area (Å²) in [6.45, 7) is 8.51. The highest BCUT2D eigenvalue weighted by molar-refractivity contribution is 5.48. The number of fused-ring (bicyclic) bond motifs is 1. The van der Waals surface area contributed by atoms with Gasteiger partial charge in [-0.25, -0.2) is 0 Å². The van der Waals surface area contributed by atoms with Crippen LogP contribution in [-0.4, -0.2) is 5.11 Å². The van der Waals surface area contributed by atoms with Crippen LogP contribution in [0.4, 0.5) is 0 Å². The molecule has 2 rings (SSSR count). The van der Waals surface area contributed by atoms with Gasteiger partial charge in [-0.05, 0) is 55.9 Å². The quantitative estimate of drug-likeness (QED) is 0.695. The number of hydrogen-bond donors (Lipinski definition) is 1. The van der Waals surface area contributed by atoms with Gasteiger partial charge in [-0.3, -0.25) is 0 Å². The molecule has 0 unspecified atom stereocenters. The Morgan fingerprint density at radius 1 is 1.31 bits per heavy atom. The van der Waals surface area contributed by atoms with Crippen molar-refractivity contribution < 1.29 is 5.11 Å². The van der Waals surface area contributed by atoms with Crippen LogP contribution in [0.15, 0.2) is 23.8 Å². The summed E-state index contributed by atoms with van der Waals surface area (Å²) in [5.41, 5.74) is 5.09. The number of aryl methyl sites for hydroxylation is 1. The minimum atomic E-state index is 0.434. The smallest absolute Gasteiger partial charge is 0.118 e. The second-order valence-electron chi connectivity index (χ2n) is 5.25. The van der Waals surface area contributed by atoms with Gasteiger partial charge in [0.15, 0.2) is 0 Å². The average Bonchev–Trinajstić information content (AvgIpc) is 2.44. The van der Waals surface area contributed by atoms with Crippen LogP contribution in [0, 0.1) is 6.92 Å². The molecule has 86 valence electrons. The lowest BCUT2D eigenvalue weighted by Crippen LogP contribution is -1.91. The van der Waals surface area contributed by atoms with Gasteiger partial charge in [-0.2, -0.15) is 0 Å². The average molecular weight is 216 g/mol. The first-order valence-corrected chi connectivity index (χ1v) is 5.97. The first-order chi connectivity index (χ1) is 7.49. The fourth-order valence-corrected chi connectivity index (χ4v) is 2.68. The monoisotopic (exact) mass is 216 g/mol. The molecule has 1 aliphatic rings. The second kappa shape index (κ2) is 3.97. The Hall–Kier alpha value is -1.24.